The van der Waals surface area contributed by atoms with E-state index < -0.39 is 15.8 Å². The van der Waals surface area contributed by atoms with Gasteiger partial charge in [-0.3, -0.25) is 0 Å². The Bertz CT molecular complexity index is 1300. The minimum absolute atomic E-state index is 0.317. The highest BCUT2D eigenvalue weighted by atomic mass is 32.2. The van der Waals surface area contributed by atoms with Crippen LogP contribution in [0.3, 0.4) is 0 Å². The number of pyridine rings is 1. The number of hydrogen-bond acceptors (Lipinski definition) is 7. The number of benzene rings is 2. The SMILES string of the molecule is COc1cc(-c2cc(-c3ccc(C4CCN(C)CC4)cc3)cnc2N)cc(CS(N)(=O)=O)c1OC. The van der Waals surface area contributed by atoms with Crippen molar-refractivity contribution >= 4 is 15.8 Å². The van der Waals surface area contributed by atoms with Crippen LogP contribution in [0.25, 0.3) is 22.3 Å². The smallest absolute Gasteiger partial charge is 0.213 e. The van der Waals surface area contributed by atoms with Gasteiger partial charge in [-0.2, -0.15) is 0 Å². The van der Waals surface area contributed by atoms with E-state index in [-0.39, 0.29) is 0 Å². The average molecular weight is 497 g/mol. The molecule has 0 aliphatic carbocycles. The Morgan fingerprint density at radius 2 is 1.69 bits per heavy atom. The molecule has 1 aliphatic rings. The molecule has 1 aliphatic heterocycles. The second-order valence-electron chi connectivity index (χ2n) is 9.03. The van der Waals surface area contributed by atoms with Gasteiger partial charge < -0.3 is 20.1 Å². The lowest BCUT2D eigenvalue weighted by Gasteiger charge is -2.29. The molecule has 0 spiro atoms. The highest BCUT2D eigenvalue weighted by molar-refractivity contribution is 7.88. The molecule has 1 saturated heterocycles. The van der Waals surface area contributed by atoms with Crippen molar-refractivity contribution in [2.24, 2.45) is 5.14 Å². The third-order valence-corrected chi connectivity index (χ3v) is 7.29. The van der Waals surface area contributed by atoms with E-state index >= 15 is 0 Å². The fraction of sp³-hybridized carbons (Fsp3) is 0.346. The highest BCUT2D eigenvalue weighted by Gasteiger charge is 2.20. The van der Waals surface area contributed by atoms with E-state index in [4.69, 9.17) is 20.3 Å². The van der Waals surface area contributed by atoms with Gasteiger partial charge in [0.15, 0.2) is 11.5 Å². The van der Waals surface area contributed by atoms with Crippen LogP contribution in [0, 0.1) is 0 Å². The van der Waals surface area contributed by atoms with Gasteiger partial charge in [-0.1, -0.05) is 24.3 Å². The van der Waals surface area contributed by atoms with Crippen molar-refractivity contribution in [3.05, 3.63) is 59.8 Å². The van der Waals surface area contributed by atoms with Crippen LogP contribution in [-0.4, -0.2) is 52.7 Å². The monoisotopic (exact) mass is 496 g/mol. The van der Waals surface area contributed by atoms with Gasteiger partial charge in [0.05, 0.1) is 20.0 Å². The first-order chi connectivity index (χ1) is 16.7. The van der Waals surface area contributed by atoms with Crippen LogP contribution in [0.5, 0.6) is 11.5 Å². The standard InChI is InChI=1S/C26H32N4O4S/c1-30-10-8-19(9-11-30)17-4-6-18(7-5-17)21-13-23(26(27)29-15-21)20-12-22(16-35(28,31)32)25(34-3)24(14-20)33-2/h4-7,12-15,19H,8-11,16H2,1-3H3,(H2,27,29)(H2,28,31,32). The summed E-state index contributed by atoms with van der Waals surface area (Å²) in [4.78, 5) is 6.78. The Morgan fingerprint density at radius 1 is 1.00 bits per heavy atom. The number of sulfonamides is 1. The summed E-state index contributed by atoms with van der Waals surface area (Å²) in [6.07, 6.45) is 4.09. The topological polar surface area (TPSA) is 121 Å². The number of aromatic nitrogens is 1. The molecule has 2 aromatic carbocycles. The Hall–Kier alpha value is -3.14. The Balaban J connectivity index is 1.70. The molecule has 0 atom stereocenters. The molecule has 0 saturated carbocycles. The summed E-state index contributed by atoms with van der Waals surface area (Å²) in [7, 11) is 1.32. The summed E-state index contributed by atoms with van der Waals surface area (Å²) >= 11 is 0. The fourth-order valence-corrected chi connectivity index (χ4v) is 5.32. The van der Waals surface area contributed by atoms with E-state index in [0.29, 0.717) is 39.9 Å². The maximum absolute atomic E-state index is 11.8. The van der Waals surface area contributed by atoms with E-state index in [1.165, 1.54) is 32.6 Å². The zero-order valence-electron chi connectivity index (χ0n) is 20.3. The number of methoxy groups -OCH3 is 2. The minimum Gasteiger partial charge on any atom is -0.493 e. The van der Waals surface area contributed by atoms with E-state index in [1.54, 1.807) is 18.3 Å². The van der Waals surface area contributed by atoms with Gasteiger partial charge >= 0.3 is 0 Å². The maximum atomic E-state index is 11.8. The number of likely N-dealkylation sites (tertiary alicyclic amines) is 1. The second-order valence-corrected chi connectivity index (χ2v) is 10.6. The van der Waals surface area contributed by atoms with Gasteiger partial charge in [0.25, 0.3) is 0 Å². The predicted molar refractivity (Wildman–Crippen MR) is 139 cm³/mol. The molecule has 9 heteroatoms. The summed E-state index contributed by atoms with van der Waals surface area (Å²) in [5.41, 5.74) is 11.3. The number of anilines is 1. The van der Waals surface area contributed by atoms with Crippen LogP contribution in [0.15, 0.2) is 48.7 Å². The average Bonchev–Trinajstić information content (AvgIpc) is 2.83. The molecule has 4 N–H and O–H groups in total. The highest BCUT2D eigenvalue weighted by Crippen LogP contribution is 2.39. The van der Waals surface area contributed by atoms with Gasteiger partial charge in [-0.15, -0.1) is 0 Å². The number of primary sulfonamides is 1. The van der Waals surface area contributed by atoms with Crippen LogP contribution in [0.2, 0.25) is 0 Å². The Morgan fingerprint density at radius 3 is 2.29 bits per heavy atom. The van der Waals surface area contributed by atoms with Gasteiger partial charge in [0, 0.05) is 22.9 Å². The van der Waals surface area contributed by atoms with Gasteiger partial charge in [-0.05, 0) is 73.8 Å². The molecule has 4 rings (SSSR count). The maximum Gasteiger partial charge on any atom is 0.213 e. The fourth-order valence-electron chi connectivity index (χ4n) is 4.68. The van der Waals surface area contributed by atoms with Crippen molar-refractivity contribution in [3.63, 3.8) is 0 Å². The molecule has 35 heavy (non-hydrogen) atoms. The van der Waals surface area contributed by atoms with E-state index in [2.05, 4.69) is 41.2 Å². The normalized spacial score (nSPS) is 15.2. The summed E-state index contributed by atoms with van der Waals surface area (Å²) in [5.74, 6) is 1.22. The largest absolute Gasteiger partial charge is 0.493 e. The lowest BCUT2D eigenvalue weighted by atomic mass is 9.88. The van der Waals surface area contributed by atoms with Crippen molar-refractivity contribution in [3.8, 4) is 33.8 Å². The van der Waals surface area contributed by atoms with Crippen LogP contribution < -0.4 is 20.3 Å². The first kappa shape index (κ1) is 25.0. The third-order valence-electron chi connectivity index (χ3n) is 6.58. The number of nitrogen functional groups attached to an aromatic ring is 1. The molecule has 1 aromatic heterocycles. The van der Waals surface area contributed by atoms with E-state index in [0.717, 1.165) is 24.2 Å². The summed E-state index contributed by atoms with van der Waals surface area (Å²) in [6.45, 7) is 2.24. The molecule has 3 aromatic rings. The third kappa shape index (κ3) is 5.75. The van der Waals surface area contributed by atoms with Crippen LogP contribution in [-0.2, 0) is 15.8 Å². The summed E-state index contributed by atoms with van der Waals surface area (Å²) in [5, 5.41) is 5.31. The number of piperidine rings is 1. The lowest BCUT2D eigenvalue weighted by molar-refractivity contribution is 0.255. The van der Waals surface area contributed by atoms with Crippen molar-refractivity contribution in [2.45, 2.75) is 24.5 Å². The molecule has 8 nitrogen and oxygen atoms in total. The quantitative estimate of drug-likeness (QED) is 0.512. The zero-order chi connectivity index (χ0) is 25.2. The molecule has 2 heterocycles. The van der Waals surface area contributed by atoms with Gasteiger partial charge in [-0.25, -0.2) is 18.5 Å². The predicted octanol–water partition coefficient (Wildman–Crippen LogP) is 3.61. The van der Waals surface area contributed by atoms with E-state index in [9.17, 15) is 8.42 Å². The lowest BCUT2D eigenvalue weighted by Crippen LogP contribution is -2.29. The van der Waals surface area contributed by atoms with Crippen LogP contribution in [0.1, 0.15) is 29.9 Å². The van der Waals surface area contributed by atoms with Crippen molar-refractivity contribution < 1.29 is 17.9 Å². The molecular formula is C26H32N4O4S. The molecule has 0 amide bonds. The number of nitrogens with two attached hydrogens (primary N) is 2. The molecule has 0 radical (unpaired) electrons. The molecular weight excluding hydrogens is 464 g/mol. The van der Waals surface area contributed by atoms with Crippen molar-refractivity contribution in [1.82, 2.24) is 9.88 Å². The van der Waals surface area contributed by atoms with Gasteiger partial charge in [0.2, 0.25) is 10.0 Å². The Kier molecular flexibility index (Phi) is 7.30. The molecule has 186 valence electrons. The van der Waals surface area contributed by atoms with Gasteiger partial charge in [0.1, 0.15) is 5.82 Å². The molecule has 0 unspecified atom stereocenters. The summed E-state index contributed by atoms with van der Waals surface area (Å²) in [6, 6.07) is 14.0. The number of ether oxygens (including phenoxy) is 2. The number of nitrogens with zero attached hydrogens (tertiary/aromatic N) is 2. The zero-order valence-corrected chi connectivity index (χ0v) is 21.1. The van der Waals surface area contributed by atoms with Crippen LogP contribution in [0.4, 0.5) is 5.82 Å². The van der Waals surface area contributed by atoms with E-state index in [1.807, 2.05) is 6.07 Å². The summed E-state index contributed by atoms with van der Waals surface area (Å²) < 4.78 is 34.5. The van der Waals surface area contributed by atoms with Crippen LogP contribution >= 0.6 is 0 Å². The molecule has 1 fully saturated rings. The first-order valence-electron chi connectivity index (χ1n) is 11.5. The van der Waals surface area contributed by atoms with Crippen molar-refractivity contribution in [1.29, 1.82) is 0 Å². The number of rotatable bonds is 7. The van der Waals surface area contributed by atoms with Crippen molar-refractivity contribution in [2.75, 3.05) is 40.1 Å². The Labute approximate surface area is 206 Å². The first-order valence-corrected chi connectivity index (χ1v) is 13.2. The second kappa shape index (κ2) is 10.2. The minimum atomic E-state index is -3.80. The molecule has 0 bridgehead atoms. The number of hydrogen-bond donors (Lipinski definition) is 2.